The summed E-state index contributed by atoms with van der Waals surface area (Å²) < 4.78 is 32.2. The van der Waals surface area contributed by atoms with Gasteiger partial charge in [0.1, 0.15) is 11.5 Å². The van der Waals surface area contributed by atoms with E-state index in [1.54, 1.807) is 0 Å². The molecule has 0 amide bonds. The lowest BCUT2D eigenvalue weighted by atomic mass is 9.92. The Hall–Kier alpha value is -2.77. The van der Waals surface area contributed by atoms with Crippen LogP contribution in [0.4, 0.5) is 0 Å². The maximum atomic E-state index is 11.3. The molecule has 2 aromatic heterocycles. The molecule has 0 bridgehead atoms. The number of nitrogens with zero attached hydrogens (tertiary/aromatic N) is 3. The van der Waals surface area contributed by atoms with Gasteiger partial charge < -0.3 is 20.1 Å². The van der Waals surface area contributed by atoms with E-state index in [1.165, 1.54) is 0 Å². The van der Waals surface area contributed by atoms with Gasteiger partial charge in [-0.1, -0.05) is 5.16 Å². The number of hydrogen-bond acceptors (Lipinski definition) is 8. The summed E-state index contributed by atoms with van der Waals surface area (Å²) in [4.78, 5) is 16.7. The van der Waals surface area contributed by atoms with Crippen molar-refractivity contribution in [1.82, 2.24) is 25.0 Å². The van der Waals surface area contributed by atoms with E-state index in [4.69, 9.17) is 24.3 Å². The van der Waals surface area contributed by atoms with Crippen LogP contribution in [0.2, 0.25) is 0 Å². The molecule has 4 N–H and O–H groups in total. The topological polar surface area (TPSA) is 177 Å². The highest BCUT2D eigenvalue weighted by Crippen LogP contribution is 2.25. The summed E-state index contributed by atoms with van der Waals surface area (Å²) in [6.45, 7) is 3.37. The van der Waals surface area contributed by atoms with Gasteiger partial charge in [-0.05, 0) is 19.8 Å². The molecule has 1 aliphatic carbocycles. The van der Waals surface area contributed by atoms with Crippen molar-refractivity contribution in [3.63, 3.8) is 0 Å². The molecular weight excluding hydrogens is 418 g/mol. The number of fused-ring (bicyclic) bond motifs is 1. The number of hydrogen-bond donors (Lipinski definition) is 4. The SMILES string of the molecule is CCn1cc(CNC2CCc3onc(CNS(C)(=O)=O)c3C2)cn1.O=CO.O=CO. The molecular formula is C17H27N5O7S. The van der Waals surface area contributed by atoms with Crippen LogP contribution < -0.4 is 10.0 Å². The molecule has 2 heterocycles. The van der Waals surface area contributed by atoms with Crippen LogP contribution in [0.15, 0.2) is 16.9 Å². The third-order valence-electron chi connectivity index (χ3n) is 4.23. The van der Waals surface area contributed by atoms with Crippen LogP contribution in [-0.4, -0.2) is 58.8 Å². The van der Waals surface area contributed by atoms with Crippen LogP contribution in [0.25, 0.3) is 0 Å². The van der Waals surface area contributed by atoms with Crippen LogP contribution in [0, 0.1) is 0 Å². The number of carbonyl (C=O) groups is 2. The van der Waals surface area contributed by atoms with E-state index in [0.717, 1.165) is 55.5 Å². The second-order valence-corrected chi connectivity index (χ2v) is 8.19. The Labute approximate surface area is 174 Å². The van der Waals surface area contributed by atoms with E-state index >= 15 is 0 Å². The van der Waals surface area contributed by atoms with Crippen molar-refractivity contribution in [1.29, 1.82) is 0 Å². The lowest BCUT2D eigenvalue weighted by Gasteiger charge is -2.22. The Balaban J connectivity index is 0.000000672. The van der Waals surface area contributed by atoms with Crippen molar-refractivity contribution in [3.05, 3.63) is 35.0 Å². The van der Waals surface area contributed by atoms with Crippen LogP contribution in [0.1, 0.15) is 35.9 Å². The Morgan fingerprint density at radius 2 is 1.97 bits per heavy atom. The summed E-state index contributed by atoms with van der Waals surface area (Å²) in [5.74, 6) is 0.872. The zero-order valence-corrected chi connectivity index (χ0v) is 17.6. The first-order valence-corrected chi connectivity index (χ1v) is 11.0. The zero-order valence-electron chi connectivity index (χ0n) is 16.8. The maximum Gasteiger partial charge on any atom is 0.290 e. The fourth-order valence-corrected chi connectivity index (χ4v) is 3.31. The first kappa shape index (κ1) is 25.3. The molecule has 0 aliphatic heterocycles. The molecule has 168 valence electrons. The molecule has 0 saturated carbocycles. The van der Waals surface area contributed by atoms with E-state index in [1.807, 2.05) is 17.1 Å². The molecule has 13 heteroatoms. The summed E-state index contributed by atoms with van der Waals surface area (Å²) >= 11 is 0. The molecule has 30 heavy (non-hydrogen) atoms. The molecule has 2 aromatic rings. The van der Waals surface area contributed by atoms with E-state index < -0.39 is 10.0 Å². The molecule has 0 spiro atoms. The second kappa shape index (κ2) is 12.7. The van der Waals surface area contributed by atoms with Crippen LogP contribution in [0.3, 0.4) is 0 Å². The number of nitrogens with one attached hydrogen (secondary N) is 2. The minimum atomic E-state index is -3.24. The predicted octanol–water partition coefficient (Wildman–Crippen LogP) is -0.0111. The monoisotopic (exact) mass is 445 g/mol. The number of carboxylic acid groups (broad SMARTS) is 2. The summed E-state index contributed by atoms with van der Waals surface area (Å²) in [6, 6.07) is 0.318. The standard InChI is InChI=1S/C15H23N5O3S.2CH2O2/c1-3-20-10-11(8-17-20)7-16-12-4-5-15-13(6-12)14(19-23-15)9-18-24(2,21)22;2*2-1-3/h8,10,12,16,18H,3-7,9H2,1-2H3;2*1H,(H,2,3). The molecule has 0 aromatic carbocycles. The zero-order chi connectivity index (χ0) is 22.6. The normalized spacial score (nSPS) is 15.1. The maximum absolute atomic E-state index is 11.3. The highest BCUT2D eigenvalue weighted by molar-refractivity contribution is 7.88. The van der Waals surface area contributed by atoms with Gasteiger partial charge in [-0.25, -0.2) is 13.1 Å². The first-order chi connectivity index (χ1) is 14.3. The molecule has 12 nitrogen and oxygen atoms in total. The Kier molecular flexibility index (Phi) is 10.7. The van der Waals surface area contributed by atoms with Gasteiger partial charge in [0.05, 0.1) is 19.0 Å². The second-order valence-electron chi connectivity index (χ2n) is 6.36. The smallest absolute Gasteiger partial charge is 0.290 e. The van der Waals surface area contributed by atoms with Crippen molar-refractivity contribution in [2.75, 3.05) is 6.26 Å². The first-order valence-electron chi connectivity index (χ1n) is 9.09. The highest BCUT2D eigenvalue weighted by atomic mass is 32.2. The lowest BCUT2D eigenvalue weighted by Crippen LogP contribution is -2.34. The van der Waals surface area contributed by atoms with E-state index in [2.05, 4.69) is 27.2 Å². The molecule has 1 atom stereocenters. The molecule has 1 aliphatic rings. The average molecular weight is 445 g/mol. The average Bonchev–Trinajstić information content (AvgIpc) is 3.32. The Bertz CT molecular complexity index is 888. The largest absolute Gasteiger partial charge is 0.483 e. The summed E-state index contributed by atoms with van der Waals surface area (Å²) in [5.41, 5.74) is 2.87. The molecule has 1 unspecified atom stereocenters. The van der Waals surface area contributed by atoms with E-state index in [0.29, 0.717) is 11.7 Å². The lowest BCUT2D eigenvalue weighted by molar-refractivity contribution is -0.123. The van der Waals surface area contributed by atoms with Gasteiger partial charge in [0.25, 0.3) is 12.9 Å². The summed E-state index contributed by atoms with van der Waals surface area (Å²) in [5, 5.41) is 25.6. The van der Waals surface area contributed by atoms with Crippen LogP contribution in [-0.2, 0) is 52.1 Å². The number of aromatic nitrogens is 3. The van der Waals surface area contributed by atoms with Crippen LogP contribution in [0.5, 0.6) is 0 Å². The van der Waals surface area contributed by atoms with E-state index in [9.17, 15) is 8.42 Å². The number of aryl methyl sites for hydroxylation is 2. The summed E-state index contributed by atoms with van der Waals surface area (Å²) in [6.07, 6.45) is 7.64. The van der Waals surface area contributed by atoms with Crippen molar-refractivity contribution < 1.29 is 32.7 Å². The van der Waals surface area contributed by atoms with Crippen LogP contribution >= 0.6 is 0 Å². The molecule has 0 saturated heterocycles. The van der Waals surface area contributed by atoms with Gasteiger partial charge in [-0.15, -0.1) is 0 Å². The van der Waals surface area contributed by atoms with Gasteiger partial charge in [-0.3, -0.25) is 14.3 Å². The summed E-state index contributed by atoms with van der Waals surface area (Å²) in [7, 11) is -3.24. The molecule has 0 fully saturated rings. The van der Waals surface area contributed by atoms with Crippen molar-refractivity contribution in [2.24, 2.45) is 0 Å². The van der Waals surface area contributed by atoms with Crippen molar-refractivity contribution in [2.45, 2.75) is 51.9 Å². The third kappa shape index (κ3) is 8.71. The number of rotatable bonds is 7. The predicted molar refractivity (Wildman–Crippen MR) is 106 cm³/mol. The van der Waals surface area contributed by atoms with Crippen molar-refractivity contribution >= 4 is 23.0 Å². The number of sulfonamides is 1. The highest BCUT2D eigenvalue weighted by Gasteiger charge is 2.25. The van der Waals surface area contributed by atoms with Crippen molar-refractivity contribution in [3.8, 4) is 0 Å². The van der Waals surface area contributed by atoms with Gasteiger partial charge in [0.15, 0.2) is 0 Å². The molecule has 3 rings (SSSR count). The van der Waals surface area contributed by atoms with Gasteiger partial charge in [-0.2, -0.15) is 5.10 Å². The Morgan fingerprint density at radius 3 is 2.53 bits per heavy atom. The minimum absolute atomic E-state index is 0.174. The minimum Gasteiger partial charge on any atom is -0.483 e. The van der Waals surface area contributed by atoms with Gasteiger partial charge in [0.2, 0.25) is 10.0 Å². The van der Waals surface area contributed by atoms with Gasteiger partial charge in [0, 0.05) is 42.9 Å². The van der Waals surface area contributed by atoms with E-state index in [-0.39, 0.29) is 19.5 Å². The van der Waals surface area contributed by atoms with Gasteiger partial charge >= 0.3 is 0 Å². The third-order valence-corrected chi connectivity index (χ3v) is 4.90. The Morgan fingerprint density at radius 1 is 1.30 bits per heavy atom. The fraction of sp³-hybridized carbons (Fsp3) is 0.529. The molecule has 0 radical (unpaired) electrons. The quantitative estimate of drug-likeness (QED) is 0.424. The fourth-order valence-electron chi connectivity index (χ4n) is 2.91.